The molecule has 5 heteroatoms. The van der Waals surface area contributed by atoms with E-state index in [-0.39, 0.29) is 11.7 Å². The minimum Gasteiger partial charge on any atom is -0.371 e. The third kappa shape index (κ3) is 3.60. The lowest BCUT2D eigenvalue weighted by Gasteiger charge is -2.18. The Balaban J connectivity index is 1.59. The van der Waals surface area contributed by atoms with E-state index in [1.54, 1.807) is 0 Å². The summed E-state index contributed by atoms with van der Waals surface area (Å²) in [5.41, 5.74) is 3.85. The summed E-state index contributed by atoms with van der Waals surface area (Å²) in [6.45, 7) is 7.79. The summed E-state index contributed by atoms with van der Waals surface area (Å²) >= 11 is 0. The zero-order chi connectivity index (χ0) is 18.0. The lowest BCUT2D eigenvalue weighted by atomic mass is 10.1. The molecule has 1 aliphatic rings. The van der Waals surface area contributed by atoms with Crippen molar-refractivity contribution in [1.82, 2.24) is 10.3 Å². The number of nitrogens with zero attached hydrogens (tertiary/aromatic N) is 1. The normalized spacial score (nSPS) is 16.9. The van der Waals surface area contributed by atoms with Crippen molar-refractivity contribution in [3.05, 3.63) is 52.8 Å². The summed E-state index contributed by atoms with van der Waals surface area (Å²) in [5.74, 6) is 0.290. The molecule has 2 aromatic rings. The number of aromatic amines is 1. The van der Waals surface area contributed by atoms with Gasteiger partial charge in [0.25, 0.3) is 5.91 Å². The monoisotopic (exact) mass is 339 g/mol. The molecule has 0 aliphatic carbocycles. The Kier molecular flexibility index (Phi) is 4.93. The second-order valence-corrected chi connectivity index (χ2v) is 6.83. The molecule has 3 rings (SSSR count). The Morgan fingerprint density at radius 3 is 2.60 bits per heavy atom. The zero-order valence-corrected chi connectivity index (χ0v) is 15.1. The number of ketones is 1. The molecule has 1 aromatic carbocycles. The molecule has 1 atom stereocenters. The van der Waals surface area contributed by atoms with Crippen molar-refractivity contribution in [2.75, 3.05) is 24.5 Å². The highest BCUT2D eigenvalue weighted by Crippen LogP contribution is 2.23. The Morgan fingerprint density at radius 1 is 1.24 bits per heavy atom. The maximum atomic E-state index is 12.5. The topological polar surface area (TPSA) is 65.2 Å². The van der Waals surface area contributed by atoms with Crippen LogP contribution in [0.25, 0.3) is 0 Å². The molecule has 1 fully saturated rings. The summed E-state index contributed by atoms with van der Waals surface area (Å²) < 4.78 is 0. The summed E-state index contributed by atoms with van der Waals surface area (Å²) in [5, 5.41) is 3.03. The van der Waals surface area contributed by atoms with E-state index in [2.05, 4.69) is 27.3 Å². The van der Waals surface area contributed by atoms with Crippen molar-refractivity contribution in [3.8, 4) is 0 Å². The fraction of sp³-hybridized carbons (Fsp3) is 0.400. The number of para-hydroxylation sites is 1. The molecule has 0 bridgehead atoms. The molecule has 1 aromatic heterocycles. The molecule has 132 valence electrons. The van der Waals surface area contributed by atoms with Gasteiger partial charge in [-0.05, 0) is 50.8 Å². The van der Waals surface area contributed by atoms with E-state index < -0.39 is 0 Å². The van der Waals surface area contributed by atoms with Crippen molar-refractivity contribution in [2.45, 2.75) is 27.2 Å². The summed E-state index contributed by atoms with van der Waals surface area (Å²) in [7, 11) is 0. The first kappa shape index (κ1) is 17.3. The van der Waals surface area contributed by atoms with Crippen molar-refractivity contribution >= 4 is 17.4 Å². The fourth-order valence-corrected chi connectivity index (χ4v) is 3.70. The Labute approximate surface area is 148 Å². The van der Waals surface area contributed by atoms with Crippen LogP contribution in [0.4, 0.5) is 5.69 Å². The van der Waals surface area contributed by atoms with E-state index in [1.807, 2.05) is 32.0 Å². The van der Waals surface area contributed by atoms with Crippen molar-refractivity contribution < 1.29 is 9.59 Å². The molecule has 0 spiro atoms. The Bertz CT molecular complexity index is 780. The lowest BCUT2D eigenvalue weighted by molar-refractivity contribution is 0.0943. The average Bonchev–Trinajstić information content (AvgIpc) is 3.18. The highest BCUT2D eigenvalue weighted by molar-refractivity contribution is 6.02. The van der Waals surface area contributed by atoms with E-state index in [0.717, 1.165) is 30.8 Å². The molecule has 2 heterocycles. The molecule has 0 saturated carbocycles. The number of amides is 1. The van der Waals surface area contributed by atoms with E-state index in [0.29, 0.717) is 23.7 Å². The molecule has 1 unspecified atom stereocenters. The van der Waals surface area contributed by atoms with Crippen LogP contribution in [0.2, 0.25) is 0 Å². The smallest absolute Gasteiger partial charge is 0.268 e. The predicted octanol–water partition coefficient (Wildman–Crippen LogP) is 3.09. The Morgan fingerprint density at radius 2 is 1.96 bits per heavy atom. The number of carbonyl (C=O) groups is 2. The van der Waals surface area contributed by atoms with Crippen LogP contribution >= 0.6 is 0 Å². The number of rotatable bonds is 5. The van der Waals surface area contributed by atoms with Gasteiger partial charge in [-0.15, -0.1) is 0 Å². The van der Waals surface area contributed by atoms with Crippen LogP contribution in [0.1, 0.15) is 45.4 Å². The minimum atomic E-state index is -0.133. The van der Waals surface area contributed by atoms with Gasteiger partial charge in [0.2, 0.25) is 0 Å². The average molecular weight is 339 g/mol. The number of nitrogens with one attached hydrogen (secondary N) is 2. The van der Waals surface area contributed by atoms with Crippen LogP contribution in [0.5, 0.6) is 0 Å². The molecular weight excluding hydrogens is 314 g/mol. The molecular formula is C20H25N3O2. The van der Waals surface area contributed by atoms with E-state index in [4.69, 9.17) is 0 Å². The van der Waals surface area contributed by atoms with Gasteiger partial charge in [-0.3, -0.25) is 9.59 Å². The van der Waals surface area contributed by atoms with Gasteiger partial charge in [0.1, 0.15) is 5.69 Å². The summed E-state index contributed by atoms with van der Waals surface area (Å²) in [6.07, 6.45) is 1.07. The van der Waals surface area contributed by atoms with Crippen molar-refractivity contribution in [3.63, 3.8) is 0 Å². The summed E-state index contributed by atoms with van der Waals surface area (Å²) in [4.78, 5) is 29.6. The predicted molar refractivity (Wildman–Crippen MR) is 99.4 cm³/mol. The van der Waals surface area contributed by atoms with Gasteiger partial charge in [-0.2, -0.15) is 0 Å². The van der Waals surface area contributed by atoms with E-state index in [9.17, 15) is 9.59 Å². The minimum absolute atomic E-state index is 0.0143. The number of hydrogen-bond donors (Lipinski definition) is 2. The van der Waals surface area contributed by atoms with Crippen LogP contribution < -0.4 is 10.2 Å². The molecule has 5 nitrogen and oxygen atoms in total. The quantitative estimate of drug-likeness (QED) is 0.823. The molecule has 0 radical (unpaired) electrons. The highest BCUT2D eigenvalue weighted by Gasteiger charge is 2.24. The third-order valence-corrected chi connectivity index (χ3v) is 4.98. The number of aromatic nitrogens is 1. The van der Waals surface area contributed by atoms with Gasteiger partial charge in [0, 0.05) is 36.6 Å². The van der Waals surface area contributed by atoms with Gasteiger partial charge in [-0.25, -0.2) is 0 Å². The second kappa shape index (κ2) is 7.13. The SMILES string of the molecule is CC(=O)c1c(C)[nH]c(C(=O)NCC2CCN(c3ccccc3)C2)c1C. The number of Topliss-reactive ketones (excluding diaryl/α,β-unsaturated/α-hetero) is 1. The highest BCUT2D eigenvalue weighted by atomic mass is 16.2. The second-order valence-electron chi connectivity index (χ2n) is 6.83. The molecule has 1 amide bonds. The van der Waals surface area contributed by atoms with Gasteiger partial charge in [0.15, 0.2) is 5.78 Å². The number of anilines is 1. The number of benzene rings is 1. The largest absolute Gasteiger partial charge is 0.371 e. The van der Waals surface area contributed by atoms with Crippen LogP contribution in [0.15, 0.2) is 30.3 Å². The van der Waals surface area contributed by atoms with Crippen molar-refractivity contribution in [1.29, 1.82) is 0 Å². The van der Waals surface area contributed by atoms with Gasteiger partial charge < -0.3 is 15.2 Å². The molecule has 25 heavy (non-hydrogen) atoms. The van der Waals surface area contributed by atoms with Gasteiger partial charge in [0.05, 0.1) is 0 Å². The molecule has 1 aliphatic heterocycles. The zero-order valence-electron chi connectivity index (χ0n) is 15.1. The molecule has 2 N–H and O–H groups in total. The number of carbonyl (C=O) groups excluding carboxylic acids is 2. The first-order chi connectivity index (χ1) is 12.0. The van der Waals surface area contributed by atoms with Crippen LogP contribution in [-0.2, 0) is 0 Å². The van der Waals surface area contributed by atoms with E-state index >= 15 is 0 Å². The summed E-state index contributed by atoms with van der Waals surface area (Å²) in [6, 6.07) is 10.4. The van der Waals surface area contributed by atoms with Crippen LogP contribution in [0.3, 0.4) is 0 Å². The van der Waals surface area contributed by atoms with Crippen LogP contribution in [-0.4, -0.2) is 36.3 Å². The van der Waals surface area contributed by atoms with Gasteiger partial charge in [-0.1, -0.05) is 18.2 Å². The third-order valence-electron chi connectivity index (χ3n) is 4.98. The number of H-pyrrole nitrogens is 1. The van der Waals surface area contributed by atoms with Crippen molar-refractivity contribution in [2.24, 2.45) is 5.92 Å². The van der Waals surface area contributed by atoms with Gasteiger partial charge >= 0.3 is 0 Å². The first-order valence-corrected chi connectivity index (χ1v) is 8.75. The number of aryl methyl sites for hydroxylation is 1. The lowest BCUT2D eigenvalue weighted by Crippen LogP contribution is -2.31. The number of hydrogen-bond acceptors (Lipinski definition) is 3. The maximum Gasteiger partial charge on any atom is 0.268 e. The Hall–Kier alpha value is -2.56. The van der Waals surface area contributed by atoms with E-state index in [1.165, 1.54) is 12.6 Å². The first-order valence-electron chi connectivity index (χ1n) is 8.75. The fourth-order valence-electron chi connectivity index (χ4n) is 3.70. The molecule has 1 saturated heterocycles. The van der Waals surface area contributed by atoms with Crippen LogP contribution in [0, 0.1) is 19.8 Å². The maximum absolute atomic E-state index is 12.5. The standard InChI is InChI=1S/C20H25N3O2/c1-13-18(15(3)24)14(2)22-19(13)20(25)21-11-16-9-10-23(12-16)17-7-5-4-6-8-17/h4-8,16,22H,9-12H2,1-3H3,(H,21,25).